The van der Waals surface area contributed by atoms with E-state index >= 15 is 0 Å². The maximum atomic E-state index is 11.4. The number of anilines is 1. The number of para-hydroxylation sites is 1. The number of carbonyl (C=O) groups excluding carboxylic acids is 1. The van der Waals surface area contributed by atoms with Gasteiger partial charge in [-0.05, 0) is 18.2 Å². The third kappa shape index (κ3) is 2.48. The van der Waals surface area contributed by atoms with Crippen LogP contribution in [0.1, 0.15) is 0 Å². The van der Waals surface area contributed by atoms with E-state index in [-0.39, 0.29) is 0 Å². The van der Waals surface area contributed by atoms with Gasteiger partial charge in [0.1, 0.15) is 0 Å². The van der Waals surface area contributed by atoms with Crippen molar-refractivity contribution in [3.63, 3.8) is 0 Å². The van der Waals surface area contributed by atoms with E-state index < -0.39 is 17.8 Å². The maximum Gasteiger partial charge on any atom is 0.334 e. The molecule has 16 heavy (non-hydrogen) atoms. The van der Waals surface area contributed by atoms with Gasteiger partial charge < -0.3 is 10.0 Å². The normalized spacial score (nSPS) is 11.6. The highest BCUT2D eigenvalue weighted by molar-refractivity contribution is 6.10. The molecule has 0 fully saturated rings. The van der Waals surface area contributed by atoms with E-state index in [4.69, 9.17) is 5.11 Å². The van der Waals surface area contributed by atoms with Crippen molar-refractivity contribution in [1.82, 2.24) is 0 Å². The molecular formula is C12H13NO3. The Morgan fingerprint density at radius 2 is 1.94 bits per heavy atom. The Labute approximate surface area is 93.8 Å². The maximum absolute atomic E-state index is 11.4. The first-order chi connectivity index (χ1) is 7.57. The number of nitrogens with zero attached hydrogens (tertiary/aromatic N) is 1. The van der Waals surface area contributed by atoms with Crippen molar-refractivity contribution in [2.75, 3.05) is 11.9 Å². The molecule has 1 aromatic rings. The Hall–Kier alpha value is -2.10. The average Bonchev–Trinajstić information content (AvgIpc) is 2.29. The van der Waals surface area contributed by atoms with Gasteiger partial charge in [0.2, 0.25) is 0 Å². The number of hydrogen-bond acceptors (Lipinski definition) is 3. The predicted molar refractivity (Wildman–Crippen MR) is 61.5 cm³/mol. The third-order valence-electron chi connectivity index (χ3n) is 2.26. The van der Waals surface area contributed by atoms with Crippen molar-refractivity contribution in [2.45, 2.75) is 6.04 Å². The molecule has 0 heterocycles. The largest absolute Gasteiger partial charge is 0.479 e. The summed E-state index contributed by atoms with van der Waals surface area (Å²) < 4.78 is 0. The number of hydrogen-bond donors (Lipinski definition) is 1. The Bertz CT molecular complexity index is 400. The van der Waals surface area contributed by atoms with Crippen LogP contribution in [0.5, 0.6) is 0 Å². The molecule has 1 rings (SSSR count). The van der Waals surface area contributed by atoms with E-state index in [9.17, 15) is 9.59 Å². The monoisotopic (exact) mass is 219 g/mol. The van der Waals surface area contributed by atoms with Crippen LogP contribution in [0, 0.1) is 0 Å². The second-order valence-corrected chi connectivity index (χ2v) is 3.29. The van der Waals surface area contributed by atoms with Gasteiger partial charge in [0.05, 0.1) is 0 Å². The number of carboxylic acid groups (broad SMARTS) is 1. The number of likely N-dealkylation sites (N-methyl/N-ethyl adjacent to an activating group) is 1. The molecule has 0 spiro atoms. The standard InChI is InChI=1S/C12H13NO3/c1-3-10(14)11(12(15)16)13(2)9-7-5-4-6-8-9/h3-8,11H,1H2,2H3,(H,15,16). The van der Waals surface area contributed by atoms with Crippen LogP contribution < -0.4 is 4.90 Å². The number of aliphatic carboxylic acids is 1. The van der Waals surface area contributed by atoms with Gasteiger partial charge in [-0.15, -0.1) is 0 Å². The van der Waals surface area contributed by atoms with Gasteiger partial charge in [-0.25, -0.2) is 4.79 Å². The van der Waals surface area contributed by atoms with Crippen LogP contribution in [-0.2, 0) is 9.59 Å². The predicted octanol–water partition coefficient (Wildman–Crippen LogP) is 1.33. The summed E-state index contributed by atoms with van der Waals surface area (Å²) in [4.78, 5) is 23.8. The van der Waals surface area contributed by atoms with Gasteiger partial charge in [-0.2, -0.15) is 0 Å². The first-order valence-electron chi connectivity index (χ1n) is 4.75. The summed E-state index contributed by atoms with van der Waals surface area (Å²) in [5.41, 5.74) is 0.671. The Morgan fingerprint density at radius 1 is 1.38 bits per heavy atom. The van der Waals surface area contributed by atoms with Gasteiger partial charge in [0, 0.05) is 12.7 Å². The fourth-order valence-corrected chi connectivity index (χ4v) is 1.40. The topological polar surface area (TPSA) is 57.6 Å². The average molecular weight is 219 g/mol. The molecule has 0 aliphatic rings. The van der Waals surface area contributed by atoms with Crippen LogP contribution in [0.25, 0.3) is 0 Å². The van der Waals surface area contributed by atoms with E-state index in [0.29, 0.717) is 5.69 Å². The molecule has 1 unspecified atom stereocenters. The highest BCUT2D eigenvalue weighted by Crippen LogP contribution is 2.15. The molecule has 0 saturated carbocycles. The second kappa shape index (κ2) is 5.11. The molecule has 0 amide bonds. The van der Waals surface area contributed by atoms with Crippen molar-refractivity contribution in [3.05, 3.63) is 43.0 Å². The van der Waals surface area contributed by atoms with Gasteiger partial charge in [-0.3, -0.25) is 4.79 Å². The lowest BCUT2D eigenvalue weighted by atomic mass is 10.1. The third-order valence-corrected chi connectivity index (χ3v) is 2.26. The number of rotatable bonds is 5. The first-order valence-corrected chi connectivity index (χ1v) is 4.75. The quantitative estimate of drug-likeness (QED) is 0.599. The summed E-state index contributed by atoms with van der Waals surface area (Å²) in [5, 5.41) is 9.00. The van der Waals surface area contributed by atoms with Crippen LogP contribution in [-0.4, -0.2) is 29.9 Å². The van der Waals surface area contributed by atoms with Crippen LogP contribution in [0.4, 0.5) is 5.69 Å². The molecule has 4 heteroatoms. The molecule has 0 aliphatic carbocycles. The zero-order valence-electron chi connectivity index (χ0n) is 8.96. The minimum atomic E-state index is -1.22. The van der Waals surface area contributed by atoms with Gasteiger partial charge in [-0.1, -0.05) is 24.8 Å². The van der Waals surface area contributed by atoms with E-state index in [1.807, 2.05) is 6.07 Å². The Morgan fingerprint density at radius 3 is 2.38 bits per heavy atom. The smallest absolute Gasteiger partial charge is 0.334 e. The number of ketones is 1. The summed E-state index contributed by atoms with van der Waals surface area (Å²) in [6, 6.07) is 7.65. The molecule has 0 aliphatic heterocycles. The summed E-state index contributed by atoms with van der Waals surface area (Å²) in [6.45, 7) is 3.30. The van der Waals surface area contributed by atoms with Crippen molar-refractivity contribution >= 4 is 17.4 Å². The SMILES string of the molecule is C=CC(=O)C(C(=O)O)N(C)c1ccccc1. The second-order valence-electron chi connectivity index (χ2n) is 3.29. The van der Waals surface area contributed by atoms with Crippen molar-refractivity contribution in [3.8, 4) is 0 Å². The first kappa shape index (κ1) is 12.0. The molecule has 0 aromatic heterocycles. The Kier molecular flexibility index (Phi) is 3.83. The minimum Gasteiger partial charge on any atom is -0.479 e. The summed E-state index contributed by atoms with van der Waals surface area (Å²) in [7, 11) is 1.56. The summed E-state index contributed by atoms with van der Waals surface area (Å²) in [5.74, 6) is -1.71. The highest BCUT2D eigenvalue weighted by atomic mass is 16.4. The molecule has 1 atom stereocenters. The van der Waals surface area contributed by atoms with E-state index in [2.05, 4.69) is 6.58 Å². The van der Waals surface area contributed by atoms with Gasteiger partial charge in [0.25, 0.3) is 0 Å². The molecule has 1 aromatic carbocycles. The zero-order chi connectivity index (χ0) is 12.1. The molecule has 4 nitrogen and oxygen atoms in total. The fourth-order valence-electron chi connectivity index (χ4n) is 1.40. The summed E-state index contributed by atoms with van der Waals surface area (Å²) >= 11 is 0. The number of carboxylic acids is 1. The van der Waals surface area contributed by atoms with Crippen LogP contribution in [0.15, 0.2) is 43.0 Å². The lowest BCUT2D eigenvalue weighted by Gasteiger charge is -2.24. The van der Waals surface area contributed by atoms with Gasteiger partial charge in [0.15, 0.2) is 11.8 Å². The van der Waals surface area contributed by atoms with E-state index in [0.717, 1.165) is 6.08 Å². The molecule has 0 saturated heterocycles. The van der Waals surface area contributed by atoms with Crippen LogP contribution >= 0.6 is 0 Å². The Balaban J connectivity index is 3.01. The summed E-state index contributed by atoms with van der Waals surface area (Å²) in [6.07, 6.45) is 1.03. The lowest BCUT2D eigenvalue weighted by molar-refractivity contribution is -0.141. The van der Waals surface area contributed by atoms with Crippen molar-refractivity contribution < 1.29 is 14.7 Å². The van der Waals surface area contributed by atoms with Crippen molar-refractivity contribution in [2.24, 2.45) is 0 Å². The van der Waals surface area contributed by atoms with E-state index in [1.165, 1.54) is 4.90 Å². The molecule has 0 bridgehead atoms. The molecule has 1 N–H and O–H groups in total. The van der Waals surface area contributed by atoms with Crippen molar-refractivity contribution in [1.29, 1.82) is 0 Å². The molecule has 0 radical (unpaired) electrons. The lowest BCUT2D eigenvalue weighted by Crippen LogP contribution is -2.44. The number of carbonyl (C=O) groups is 2. The molecular weight excluding hydrogens is 206 g/mol. The van der Waals surface area contributed by atoms with Crippen LogP contribution in [0.2, 0.25) is 0 Å². The zero-order valence-corrected chi connectivity index (χ0v) is 8.96. The van der Waals surface area contributed by atoms with Gasteiger partial charge >= 0.3 is 5.97 Å². The minimum absolute atomic E-state index is 0.529. The number of benzene rings is 1. The van der Waals surface area contributed by atoms with Crippen LogP contribution in [0.3, 0.4) is 0 Å². The fraction of sp³-hybridized carbons (Fsp3) is 0.167. The highest BCUT2D eigenvalue weighted by Gasteiger charge is 2.28. The van der Waals surface area contributed by atoms with E-state index in [1.54, 1.807) is 31.3 Å². The molecule has 84 valence electrons.